The van der Waals surface area contributed by atoms with Gasteiger partial charge in [0.25, 0.3) is 0 Å². The number of benzene rings is 2. The molecule has 0 unspecified atom stereocenters. The van der Waals surface area contributed by atoms with E-state index in [-0.39, 0.29) is 24.8 Å². The van der Waals surface area contributed by atoms with Crippen LogP contribution in [0.25, 0.3) is 0 Å². The molecule has 0 amide bonds. The summed E-state index contributed by atoms with van der Waals surface area (Å²) in [5, 5.41) is 4.48. The van der Waals surface area contributed by atoms with Crippen molar-refractivity contribution in [3.05, 3.63) is 71.3 Å². The van der Waals surface area contributed by atoms with Gasteiger partial charge in [0, 0.05) is 0 Å². The molecule has 0 aromatic heterocycles. The molecule has 0 heterocycles. The van der Waals surface area contributed by atoms with Gasteiger partial charge in [0.1, 0.15) is 24.8 Å². The van der Waals surface area contributed by atoms with E-state index in [4.69, 9.17) is 9.78 Å². The molecule has 3 nitrogen and oxygen atoms in total. The van der Waals surface area contributed by atoms with Crippen LogP contribution >= 0.6 is 0 Å². The van der Waals surface area contributed by atoms with Crippen molar-refractivity contribution in [3.8, 4) is 0 Å². The predicted molar refractivity (Wildman–Crippen MR) is 63.5 cm³/mol. The maximum absolute atomic E-state index is 12.8. The molecule has 19 heavy (non-hydrogen) atoms. The molecule has 0 atom stereocenters. The van der Waals surface area contributed by atoms with Crippen molar-refractivity contribution in [2.45, 2.75) is 13.2 Å². The lowest BCUT2D eigenvalue weighted by molar-refractivity contribution is -0.523. The van der Waals surface area contributed by atoms with E-state index in [1.165, 1.54) is 24.3 Å². The first-order chi connectivity index (χ1) is 9.24. The van der Waals surface area contributed by atoms with E-state index >= 15 is 0 Å². The van der Waals surface area contributed by atoms with E-state index in [2.05, 4.69) is 5.04 Å². The van der Waals surface area contributed by atoms with E-state index in [0.29, 0.717) is 11.1 Å². The largest absolute Gasteiger partial charge is 0.207 e. The maximum Gasteiger partial charge on any atom is 0.123 e. The van der Waals surface area contributed by atoms with E-state index in [0.717, 1.165) is 0 Å². The first kappa shape index (κ1) is 13.6. The van der Waals surface area contributed by atoms with Crippen molar-refractivity contribution in [2.75, 3.05) is 0 Å². The van der Waals surface area contributed by atoms with Crippen LogP contribution in [0.3, 0.4) is 0 Å². The van der Waals surface area contributed by atoms with Crippen molar-refractivity contribution in [3.63, 3.8) is 0 Å². The normalized spacial score (nSPS) is 10.6. The number of hydrogen-bond donors (Lipinski definition) is 0. The quantitative estimate of drug-likeness (QED) is 0.454. The third-order valence-electron chi connectivity index (χ3n) is 2.33. The number of halogens is 2. The molecule has 2 rings (SSSR count). The third-order valence-corrected chi connectivity index (χ3v) is 2.33. The van der Waals surface area contributed by atoms with Gasteiger partial charge in [-0.1, -0.05) is 29.3 Å². The Morgan fingerprint density at radius 2 is 1.21 bits per heavy atom. The summed E-state index contributed by atoms with van der Waals surface area (Å²) >= 11 is 0. The van der Waals surface area contributed by atoms with Crippen LogP contribution in [0, 0.1) is 11.6 Å². The first-order valence-electron chi connectivity index (χ1n) is 5.64. The van der Waals surface area contributed by atoms with Gasteiger partial charge in [-0.3, -0.25) is 0 Å². The summed E-state index contributed by atoms with van der Waals surface area (Å²) in [5.74, 6) is -0.691. The summed E-state index contributed by atoms with van der Waals surface area (Å²) in [6.07, 6.45) is 0. The Hall–Kier alpha value is -1.82. The molecule has 0 spiro atoms. The molecular weight excluding hydrogens is 254 g/mol. The van der Waals surface area contributed by atoms with Crippen LogP contribution in [0.15, 0.2) is 48.5 Å². The molecule has 0 aliphatic heterocycles. The summed E-state index contributed by atoms with van der Waals surface area (Å²) in [4.78, 5) is 9.49. The van der Waals surface area contributed by atoms with E-state index in [1.54, 1.807) is 24.3 Å². The summed E-state index contributed by atoms with van der Waals surface area (Å²) in [6.45, 7) is 0.113. The molecule has 0 fully saturated rings. The second kappa shape index (κ2) is 6.94. The molecular formula is C14H12F2O3. The Morgan fingerprint density at radius 1 is 0.737 bits per heavy atom. The zero-order valence-electron chi connectivity index (χ0n) is 10.0. The summed E-state index contributed by atoms with van der Waals surface area (Å²) in [5.41, 5.74) is 1.24. The molecule has 5 heteroatoms. The fraction of sp³-hybridized carbons (Fsp3) is 0.143. The smallest absolute Gasteiger partial charge is 0.123 e. The SMILES string of the molecule is Fc1cccc(COOOCc2cccc(F)c2)c1. The van der Waals surface area contributed by atoms with Crippen LogP contribution in [-0.2, 0) is 28.0 Å². The lowest BCUT2D eigenvalue weighted by atomic mass is 10.2. The molecule has 0 aliphatic rings. The van der Waals surface area contributed by atoms with Crippen LogP contribution in [0.4, 0.5) is 8.78 Å². The molecule has 0 bridgehead atoms. The highest BCUT2D eigenvalue weighted by Crippen LogP contribution is 2.07. The molecule has 100 valence electrons. The highest BCUT2D eigenvalue weighted by molar-refractivity contribution is 5.15. The Bertz CT molecular complexity index is 484. The van der Waals surface area contributed by atoms with Crippen LogP contribution in [-0.4, -0.2) is 0 Å². The van der Waals surface area contributed by atoms with Gasteiger partial charge in [-0.25, -0.2) is 18.6 Å². The lowest BCUT2D eigenvalue weighted by Crippen LogP contribution is -1.98. The zero-order chi connectivity index (χ0) is 13.5. The minimum absolute atomic E-state index is 0.0565. The zero-order valence-corrected chi connectivity index (χ0v) is 10.0. The Morgan fingerprint density at radius 3 is 1.63 bits per heavy atom. The van der Waals surface area contributed by atoms with Crippen molar-refractivity contribution >= 4 is 0 Å². The lowest BCUT2D eigenvalue weighted by Gasteiger charge is -2.04. The third kappa shape index (κ3) is 4.75. The molecule has 0 saturated heterocycles. The second-order valence-corrected chi connectivity index (χ2v) is 3.85. The van der Waals surface area contributed by atoms with Crippen molar-refractivity contribution < 1.29 is 23.6 Å². The fourth-order valence-corrected chi connectivity index (χ4v) is 1.47. The average Bonchev–Trinajstić information content (AvgIpc) is 2.38. The molecule has 0 aliphatic carbocycles. The standard InChI is InChI=1S/C14H12F2O3/c15-13-5-1-3-11(7-13)9-17-19-18-10-12-4-2-6-14(16)8-12/h1-8H,9-10H2. The molecule has 2 aromatic rings. The van der Waals surface area contributed by atoms with Gasteiger partial charge in [0.2, 0.25) is 0 Å². The van der Waals surface area contributed by atoms with Gasteiger partial charge in [-0.2, -0.15) is 0 Å². The van der Waals surface area contributed by atoms with Crippen LogP contribution < -0.4 is 0 Å². The highest BCUT2D eigenvalue weighted by atomic mass is 19.1. The highest BCUT2D eigenvalue weighted by Gasteiger charge is 1.99. The Balaban J connectivity index is 1.67. The molecule has 0 radical (unpaired) electrons. The van der Waals surface area contributed by atoms with Gasteiger partial charge >= 0.3 is 0 Å². The monoisotopic (exact) mass is 266 g/mol. The van der Waals surface area contributed by atoms with Gasteiger partial charge in [-0.15, -0.1) is 0 Å². The fourth-order valence-electron chi connectivity index (χ4n) is 1.47. The Kier molecular flexibility index (Phi) is 4.97. The topological polar surface area (TPSA) is 27.7 Å². The summed E-state index contributed by atoms with van der Waals surface area (Å²) in [7, 11) is 0. The summed E-state index contributed by atoms with van der Waals surface area (Å²) in [6, 6.07) is 11.9. The average molecular weight is 266 g/mol. The molecule has 0 N–H and O–H groups in total. The van der Waals surface area contributed by atoms with Crippen molar-refractivity contribution in [1.82, 2.24) is 0 Å². The van der Waals surface area contributed by atoms with Crippen LogP contribution in [0.1, 0.15) is 11.1 Å². The van der Waals surface area contributed by atoms with Crippen molar-refractivity contribution in [1.29, 1.82) is 0 Å². The summed E-state index contributed by atoms with van der Waals surface area (Å²) < 4.78 is 25.7. The van der Waals surface area contributed by atoms with Gasteiger partial charge < -0.3 is 0 Å². The minimum Gasteiger partial charge on any atom is -0.207 e. The van der Waals surface area contributed by atoms with Crippen LogP contribution in [0.2, 0.25) is 0 Å². The minimum atomic E-state index is -0.346. The number of rotatable bonds is 6. The van der Waals surface area contributed by atoms with E-state index in [1.807, 2.05) is 0 Å². The van der Waals surface area contributed by atoms with Crippen molar-refractivity contribution in [2.24, 2.45) is 0 Å². The first-order valence-corrected chi connectivity index (χ1v) is 5.64. The molecule has 2 aromatic carbocycles. The van der Waals surface area contributed by atoms with Crippen LogP contribution in [0.5, 0.6) is 0 Å². The van der Waals surface area contributed by atoms with E-state index in [9.17, 15) is 8.78 Å². The maximum atomic E-state index is 12.8. The van der Waals surface area contributed by atoms with Gasteiger partial charge in [0.05, 0.1) is 0 Å². The predicted octanol–water partition coefficient (Wildman–Crippen LogP) is 3.54. The second-order valence-electron chi connectivity index (χ2n) is 3.85. The number of hydrogen-bond acceptors (Lipinski definition) is 3. The Labute approximate surface area is 109 Å². The van der Waals surface area contributed by atoms with E-state index < -0.39 is 0 Å². The van der Waals surface area contributed by atoms with Gasteiger partial charge in [-0.05, 0) is 35.4 Å². The molecule has 0 saturated carbocycles. The van der Waals surface area contributed by atoms with Gasteiger partial charge in [0.15, 0.2) is 0 Å².